The van der Waals surface area contributed by atoms with E-state index in [1.165, 1.54) is 9.71 Å². The quantitative estimate of drug-likeness (QED) is 0.916. The molecule has 2 heterocycles. The maximum Gasteiger partial charge on any atom is 0.0942 e. The van der Waals surface area contributed by atoms with Crippen LogP contribution in [-0.4, -0.2) is 18.1 Å². The first-order chi connectivity index (χ1) is 7.31. The molecule has 1 aromatic heterocycles. The average Bonchev–Trinajstić information content (AvgIpc) is 2.53. The molecule has 0 spiro atoms. The largest absolute Gasteiger partial charge is 0.316 e. The highest BCUT2D eigenvalue weighted by Crippen LogP contribution is 2.27. The molecule has 0 amide bonds. The fourth-order valence-corrected chi connectivity index (χ4v) is 3.41. The molecule has 1 aliphatic heterocycles. The SMILES string of the molecule is Brc1ccc2nc(CC3CNC3)sc2c1. The average molecular weight is 283 g/mol. The molecule has 0 atom stereocenters. The lowest BCUT2D eigenvalue weighted by Gasteiger charge is -2.25. The van der Waals surface area contributed by atoms with E-state index in [-0.39, 0.29) is 0 Å². The molecule has 2 aromatic rings. The zero-order valence-electron chi connectivity index (χ0n) is 8.16. The lowest BCUT2D eigenvalue weighted by molar-refractivity contribution is 0.346. The minimum Gasteiger partial charge on any atom is -0.316 e. The summed E-state index contributed by atoms with van der Waals surface area (Å²) in [6, 6.07) is 6.28. The summed E-state index contributed by atoms with van der Waals surface area (Å²) in [6.45, 7) is 2.30. The maximum atomic E-state index is 4.65. The third-order valence-corrected chi connectivity index (χ3v) is 4.26. The number of thiazole rings is 1. The van der Waals surface area contributed by atoms with Crippen LogP contribution >= 0.6 is 27.3 Å². The van der Waals surface area contributed by atoms with Crippen LogP contribution in [0, 0.1) is 5.92 Å². The molecule has 1 aliphatic rings. The highest BCUT2D eigenvalue weighted by atomic mass is 79.9. The minimum atomic E-state index is 0.800. The molecule has 3 rings (SSSR count). The molecule has 1 N–H and O–H groups in total. The zero-order chi connectivity index (χ0) is 10.3. The number of hydrogen-bond acceptors (Lipinski definition) is 3. The van der Waals surface area contributed by atoms with E-state index < -0.39 is 0 Å². The van der Waals surface area contributed by atoms with Crippen molar-refractivity contribution in [2.75, 3.05) is 13.1 Å². The van der Waals surface area contributed by atoms with E-state index in [1.807, 2.05) is 11.3 Å². The Labute approximate surface area is 101 Å². The predicted molar refractivity (Wildman–Crippen MR) is 67.4 cm³/mol. The van der Waals surface area contributed by atoms with Gasteiger partial charge in [0.1, 0.15) is 0 Å². The number of hydrogen-bond donors (Lipinski definition) is 1. The van der Waals surface area contributed by atoms with Gasteiger partial charge < -0.3 is 5.32 Å². The van der Waals surface area contributed by atoms with E-state index in [1.54, 1.807) is 0 Å². The van der Waals surface area contributed by atoms with E-state index >= 15 is 0 Å². The molecule has 0 bridgehead atoms. The summed E-state index contributed by atoms with van der Waals surface area (Å²) < 4.78 is 2.42. The highest BCUT2D eigenvalue weighted by Gasteiger charge is 2.18. The van der Waals surface area contributed by atoms with Crippen molar-refractivity contribution in [3.05, 3.63) is 27.7 Å². The van der Waals surface area contributed by atoms with Crippen LogP contribution in [0.25, 0.3) is 10.2 Å². The molecular weight excluding hydrogens is 272 g/mol. The molecule has 0 radical (unpaired) electrons. The third-order valence-electron chi connectivity index (χ3n) is 2.72. The molecule has 0 aliphatic carbocycles. The fourth-order valence-electron chi connectivity index (χ4n) is 1.77. The van der Waals surface area contributed by atoms with Crippen LogP contribution in [0.3, 0.4) is 0 Å². The molecule has 0 saturated carbocycles. The molecule has 4 heteroatoms. The van der Waals surface area contributed by atoms with Crippen molar-refractivity contribution in [2.45, 2.75) is 6.42 Å². The van der Waals surface area contributed by atoms with Gasteiger partial charge in [-0.05, 0) is 37.2 Å². The number of fused-ring (bicyclic) bond motifs is 1. The summed E-state index contributed by atoms with van der Waals surface area (Å²) in [6.07, 6.45) is 1.13. The normalized spacial score (nSPS) is 16.9. The Bertz CT molecular complexity index is 490. The van der Waals surface area contributed by atoms with Gasteiger partial charge in [0.05, 0.1) is 15.2 Å². The second-order valence-corrected chi connectivity index (χ2v) is 5.98. The first-order valence-corrected chi connectivity index (χ1v) is 6.68. The van der Waals surface area contributed by atoms with E-state index in [0.29, 0.717) is 0 Å². The Morgan fingerprint density at radius 2 is 2.33 bits per heavy atom. The smallest absolute Gasteiger partial charge is 0.0942 e. The molecule has 15 heavy (non-hydrogen) atoms. The molecule has 0 unspecified atom stereocenters. The van der Waals surface area contributed by atoms with Gasteiger partial charge in [-0.2, -0.15) is 0 Å². The van der Waals surface area contributed by atoms with Crippen LogP contribution in [0.1, 0.15) is 5.01 Å². The predicted octanol–water partition coefficient (Wildman–Crippen LogP) is 2.82. The topological polar surface area (TPSA) is 24.9 Å². The van der Waals surface area contributed by atoms with Gasteiger partial charge >= 0.3 is 0 Å². The summed E-state index contributed by atoms with van der Waals surface area (Å²) in [5, 5.41) is 4.57. The standard InChI is InChI=1S/C11H11BrN2S/c12-8-1-2-9-10(4-8)15-11(14-9)3-7-5-13-6-7/h1-2,4,7,13H,3,5-6H2. The van der Waals surface area contributed by atoms with E-state index in [2.05, 4.69) is 44.4 Å². The van der Waals surface area contributed by atoms with Gasteiger partial charge in [-0.3, -0.25) is 0 Å². The maximum absolute atomic E-state index is 4.65. The van der Waals surface area contributed by atoms with Gasteiger partial charge in [-0.15, -0.1) is 11.3 Å². The second kappa shape index (κ2) is 3.85. The van der Waals surface area contributed by atoms with Gasteiger partial charge in [0.15, 0.2) is 0 Å². The van der Waals surface area contributed by atoms with Crippen molar-refractivity contribution < 1.29 is 0 Å². The van der Waals surface area contributed by atoms with Crippen LogP contribution in [0.15, 0.2) is 22.7 Å². The Kier molecular flexibility index (Phi) is 2.50. The van der Waals surface area contributed by atoms with Gasteiger partial charge in [-0.1, -0.05) is 15.9 Å². The first-order valence-electron chi connectivity index (χ1n) is 5.07. The van der Waals surface area contributed by atoms with E-state index in [0.717, 1.165) is 35.4 Å². The van der Waals surface area contributed by atoms with Crippen molar-refractivity contribution in [1.82, 2.24) is 10.3 Å². The molecule has 2 nitrogen and oxygen atoms in total. The first kappa shape index (κ1) is 9.75. The van der Waals surface area contributed by atoms with Crippen molar-refractivity contribution >= 4 is 37.5 Å². The molecule has 1 fully saturated rings. The van der Waals surface area contributed by atoms with E-state index in [4.69, 9.17) is 0 Å². The molecule has 78 valence electrons. The number of nitrogens with zero attached hydrogens (tertiary/aromatic N) is 1. The fraction of sp³-hybridized carbons (Fsp3) is 0.364. The lowest BCUT2D eigenvalue weighted by atomic mass is 10.0. The van der Waals surface area contributed by atoms with Gasteiger partial charge in [0, 0.05) is 10.9 Å². The number of aromatic nitrogens is 1. The monoisotopic (exact) mass is 282 g/mol. The van der Waals surface area contributed by atoms with Crippen LogP contribution in [-0.2, 0) is 6.42 Å². The van der Waals surface area contributed by atoms with E-state index in [9.17, 15) is 0 Å². The highest BCUT2D eigenvalue weighted by molar-refractivity contribution is 9.10. The Morgan fingerprint density at radius 1 is 1.47 bits per heavy atom. The van der Waals surface area contributed by atoms with Crippen LogP contribution < -0.4 is 5.32 Å². The third kappa shape index (κ3) is 1.94. The van der Waals surface area contributed by atoms with Gasteiger partial charge in [0.2, 0.25) is 0 Å². The van der Waals surface area contributed by atoms with Crippen LogP contribution in [0.4, 0.5) is 0 Å². The Hall–Kier alpha value is -0.450. The van der Waals surface area contributed by atoms with Crippen LogP contribution in [0.5, 0.6) is 0 Å². The van der Waals surface area contributed by atoms with Crippen molar-refractivity contribution in [2.24, 2.45) is 5.92 Å². The Balaban J connectivity index is 1.91. The lowest BCUT2D eigenvalue weighted by Crippen LogP contribution is -2.43. The van der Waals surface area contributed by atoms with Gasteiger partial charge in [0.25, 0.3) is 0 Å². The summed E-state index contributed by atoms with van der Waals surface area (Å²) in [5.41, 5.74) is 1.13. The van der Waals surface area contributed by atoms with Crippen LogP contribution in [0.2, 0.25) is 0 Å². The zero-order valence-corrected chi connectivity index (χ0v) is 10.6. The number of benzene rings is 1. The Morgan fingerprint density at radius 3 is 3.07 bits per heavy atom. The van der Waals surface area contributed by atoms with Gasteiger partial charge in [-0.25, -0.2) is 4.98 Å². The van der Waals surface area contributed by atoms with Crippen molar-refractivity contribution in [3.8, 4) is 0 Å². The van der Waals surface area contributed by atoms with Crippen molar-refractivity contribution in [1.29, 1.82) is 0 Å². The summed E-state index contributed by atoms with van der Waals surface area (Å²) in [4.78, 5) is 4.65. The number of rotatable bonds is 2. The second-order valence-electron chi connectivity index (χ2n) is 3.95. The number of halogens is 1. The van der Waals surface area contributed by atoms with Crippen molar-refractivity contribution in [3.63, 3.8) is 0 Å². The summed E-state index contributed by atoms with van der Waals surface area (Å²) in [7, 11) is 0. The molecule has 1 saturated heterocycles. The summed E-state index contributed by atoms with van der Waals surface area (Å²) >= 11 is 5.31. The number of nitrogens with one attached hydrogen (secondary N) is 1. The minimum absolute atomic E-state index is 0.800. The molecular formula is C11H11BrN2S. The summed E-state index contributed by atoms with van der Waals surface area (Å²) in [5.74, 6) is 0.800. The molecule has 1 aromatic carbocycles.